The first-order valence-electron chi connectivity index (χ1n) is 2.75. The maximum absolute atomic E-state index is 9.87. The Balaban J connectivity index is 2.71. The predicted molar refractivity (Wildman–Crippen MR) is 45.4 cm³/mol. The fraction of sp³-hybridized carbons (Fsp3) is 0. The van der Waals surface area contributed by atoms with E-state index in [9.17, 15) is 10.1 Å². The van der Waals surface area contributed by atoms with Gasteiger partial charge in [0.15, 0.2) is 0 Å². The minimum Gasteiger partial charge on any atom is -0.259 e. The molecule has 3 nitrogen and oxygen atoms in total. The van der Waals surface area contributed by atoms with Crippen LogP contribution in [0.15, 0.2) is 18.3 Å². The largest absolute Gasteiger partial charge is 0.259 e. The van der Waals surface area contributed by atoms with Gasteiger partial charge in [0.2, 0.25) is 6.20 Å². The molecule has 1 heterocycles. The average Bonchev–Trinajstić information content (AvgIpc) is 2.31. The molecule has 0 N–H and O–H groups in total. The van der Waals surface area contributed by atoms with Gasteiger partial charge in [0, 0.05) is 11.0 Å². The van der Waals surface area contributed by atoms with Gasteiger partial charge in [0.1, 0.15) is 0 Å². The van der Waals surface area contributed by atoms with E-state index in [0.29, 0.717) is 4.34 Å². The number of hydrogen-bond acceptors (Lipinski definition) is 3. The van der Waals surface area contributed by atoms with Crippen LogP contribution in [0.4, 0.5) is 0 Å². The molecule has 1 aromatic rings. The minimum absolute atomic E-state index is 0.506. The van der Waals surface area contributed by atoms with E-state index in [1.54, 1.807) is 12.1 Å². The molecule has 11 heavy (non-hydrogen) atoms. The van der Waals surface area contributed by atoms with Crippen molar-refractivity contribution >= 4 is 29.0 Å². The van der Waals surface area contributed by atoms with E-state index >= 15 is 0 Å². The summed E-state index contributed by atoms with van der Waals surface area (Å²) in [6.07, 6.45) is 2.30. The molecule has 5 heteroatoms. The van der Waals surface area contributed by atoms with Crippen molar-refractivity contribution in [3.8, 4) is 0 Å². The summed E-state index contributed by atoms with van der Waals surface area (Å²) in [6.45, 7) is 0. The molecule has 0 aliphatic carbocycles. The lowest BCUT2D eigenvalue weighted by Crippen LogP contribution is -1.80. The van der Waals surface area contributed by atoms with Gasteiger partial charge in [-0.25, -0.2) is 0 Å². The summed E-state index contributed by atoms with van der Waals surface area (Å²) < 4.78 is 0.632. The van der Waals surface area contributed by atoms with Gasteiger partial charge in [0.25, 0.3) is 0 Å². The van der Waals surface area contributed by atoms with Gasteiger partial charge in [-0.3, -0.25) is 10.1 Å². The lowest BCUT2D eigenvalue weighted by molar-refractivity contribution is -0.400. The topological polar surface area (TPSA) is 43.1 Å². The molecule has 0 saturated carbocycles. The number of halogens is 1. The lowest BCUT2D eigenvalue weighted by Gasteiger charge is -1.78. The molecule has 0 atom stereocenters. The maximum atomic E-state index is 9.87. The lowest BCUT2D eigenvalue weighted by atomic mass is 10.5. The second-order valence-electron chi connectivity index (χ2n) is 1.74. The Morgan fingerprint density at radius 2 is 2.36 bits per heavy atom. The molecule has 0 fully saturated rings. The van der Waals surface area contributed by atoms with Crippen LogP contribution in [-0.2, 0) is 0 Å². The van der Waals surface area contributed by atoms with Crippen LogP contribution in [0.5, 0.6) is 0 Å². The molecule has 58 valence electrons. The van der Waals surface area contributed by atoms with Crippen LogP contribution in [0, 0.1) is 10.1 Å². The van der Waals surface area contributed by atoms with Gasteiger partial charge in [-0.05, 0) is 12.1 Å². The van der Waals surface area contributed by atoms with Crippen LogP contribution in [-0.4, -0.2) is 4.92 Å². The SMILES string of the molecule is O=[N+]([O-])C=Cc1ccc(Cl)s1. The van der Waals surface area contributed by atoms with E-state index < -0.39 is 4.92 Å². The van der Waals surface area contributed by atoms with Crippen LogP contribution in [0.3, 0.4) is 0 Å². The van der Waals surface area contributed by atoms with Crippen molar-refractivity contribution in [1.29, 1.82) is 0 Å². The van der Waals surface area contributed by atoms with Gasteiger partial charge in [-0.15, -0.1) is 11.3 Å². The quantitative estimate of drug-likeness (QED) is 0.530. The second kappa shape index (κ2) is 3.50. The van der Waals surface area contributed by atoms with Crippen LogP contribution in [0.1, 0.15) is 4.88 Å². The molecule has 0 spiro atoms. The van der Waals surface area contributed by atoms with Gasteiger partial charge in [-0.1, -0.05) is 11.6 Å². The number of thiophene rings is 1. The zero-order valence-corrected chi connectivity index (χ0v) is 6.93. The van der Waals surface area contributed by atoms with Crippen LogP contribution >= 0.6 is 22.9 Å². The van der Waals surface area contributed by atoms with Crippen molar-refractivity contribution in [2.45, 2.75) is 0 Å². The van der Waals surface area contributed by atoms with Crippen molar-refractivity contribution in [2.24, 2.45) is 0 Å². The highest BCUT2D eigenvalue weighted by Crippen LogP contribution is 2.22. The molecule has 0 unspecified atom stereocenters. The van der Waals surface area contributed by atoms with E-state index in [1.165, 1.54) is 17.4 Å². The molecule has 0 saturated heterocycles. The van der Waals surface area contributed by atoms with Crippen LogP contribution in [0.25, 0.3) is 6.08 Å². The van der Waals surface area contributed by atoms with Crippen LogP contribution in [0.2, 0.25) is 4.34 Å². The Bertz CT molecular complexity index is 295. The molecule has 0 aliphatic rings. The van der Waals surface area contributed by atoms with E-state index in [1.807, 2.05) is 0 Å². The van der Waals surface area contributed by atoms with E-state index in [-0.39, 0.29) is 0 Å². The number of nitrogens with zero attached hydrogens (tertiary/aromatic N) is 1. The zero-order valence-electron chi connectivity index (χ0n) is 5.36. The second-order valence-corrected chi connectivity index (χ2v) is 3.49. The summed E-state index contributed by atoms with van der Waals surface area (Å²) in [4.78, 5) is 10.1. The van der Waals surface area contributed by atoms with Crippen molar-refractivity contribution in [1.82, 2.24) is 0 Å². The Hall–Kier alpha value is -0.870. The summed E-state index contributed by atoms with van der Waals surface area (Å²) in [5.74, 6) is 0. The highest BCUT2D eigenvalue weighted by atomic mass is 35.5. The average molecular weight is 190 g/mol. The molecule has 1 aromatic heterocycles. The summed E-state index contributed by atoms with van der Waals surface area (Å²) in [7, 11) is 0. The summed E-state index contributed by atoms with van der Waals surface area (Å²) in [5.41, 5.74) is 0. The number of hydrogen-bond donors (Lipinski definition) is 0. The molecule has 0 aliphatic heterocycles. The predicted octanol–water partition coefficient (Wildman–Crippen LogP) is 2.65. The monoisotopic (exact) mass is 189 g/mol. The Kier molecular flexibility index (Phi) is 2.62. The van der Waals surface area contributed by atoms with Crippen molar-refractivity contribution < 1.29 is 4.92 Å². The van der Waals surface area contributed by atoms with E-state index in [2.05, 4.69) is 0 Å². The molecule has 1 rings (SSSR count). The van der Waals surface area contributed by atoms with Gasteiger partial charge < -0.3 is 0 Å². The zero-order chi connectivity index (χ0) is 8.27. The van der Waals surface area contributed by atoms with Crippen LogP contribution < -0.4 is 0 Å². The molecule has 0 aromatic carbocycles. The third-order valence-corrected chi connectivity index (χ3v) is 2.15. The first-order chi connectivity index (χ1) is 5.18. The van der Waals surface area contributed by atoms with E-state index in [4.69, 9.17) is 11.6 Å². The Morgan fingerprint density at radius 3 is 2.82 bits per heavy atom. The molecular formula is C6H4ClNO2S. The number of rotatable bonds is 2. The fourth-order valence-corrected chi connectivity index (χ4v) is 1.51. The van der Waals surface area contributed by atoms with Crippen molar-refractivity contribution in [3.05, 3.63) is 37.7 Å². The number of nitro groups is 1. The van der Waals surface area contributed by atoms with E-state index in [0.717, 1.165) is 11.1 Å². The first-order valence-corrected chi connectivity index (χ1v) is 3.95. The first kappa shape index (κ1) is 8.23. The van der Waals surface area contributed by atoms with Gasteiger partial charge in [-0.2, -0.15) is 0 Å². The van der Waals surface area contributed by atoms with Gasteiger partial charge in [0.05, 0.1) is 9.26 Å². The summed E-state index contributed by atoms with van der Waals surface area (Å²) in [6, 6.07) is 3.43. The van der Waals surface area contributed by atoms with Crippen molar-refractivity contribution in [3.63, 3.8) is 0 Å². The molecule has 0 radical (unpaired) electrons. The fourth-order valence-electron chi connectivity index (χ4n) is 0.552. The summed E-state index contributed by atoms with van der Waals surface area (Å²) in [5, 5.41) is 9.87. The Morgan fingerprint density at radius 1 is 1.64 bits per heavy atom. The molecule has 0 bridgehead atoms. The molecular weight excluding hydrogens is 186 g/mol. The normalized spacial score (nSPS) is 10.6. The highest BCUT2D eigenvalue weighted by Gasteiger charge is 1.94. The summed E-state index contributed by atoms with van der Waals surface area (Å²) >= 11 is 6.89. The third kappa shape index (κ3) is 2.69. The standard InChI is InChI=1S/C6H4ClNO2S/c7-6-2-1-5(11-6)3-4-8(9)10/h1-4H. The third-order valence-electron chi connectivity index (χ3n) is 0.955. The molecule has 0 amide bonds. The van der Waals surface area contributed by atoms with Gasteiger partial charge >= 0.3 is 0 Å². The minimum atomic E-state index is -0.506. The highest BCUT2D eigenvalue weighted by molar-refractivity contribution is 7.16. The Labute approximate surface area is 72.1 Å². The maximum Gasteiger partial charge on any atom is 0.235 e. The smallest absolute Gasteiger partial charge is 0.235 e. The van der Waals surface area contributed by atoms with Crippen molar-refractivity contribution in [2.75, 3.05) is 0 Å².